The fourth-order valence-electron chi connectivity index (χ4n) is 4.50. The predicted octanol–water partition coefficient (Wildman–Crippen LogP) is 4.66. The van der Waals surface area contributed by atoms with Crippen LogP contribution in [-0.4, -0.2) is 12.0 Å². The third-order valence-electron chi connectivity index (χ3n) is 6.10. The van der Waals surface area contributed by atoms with E-state index in [4.69, 9.17) is 26.5 Å². The quantitative estimate of drug-likeness (QED) is 0.727. The Bertz CT molecular complexity index is 896. The highest BCUT2D eigenvalue weighted by Gasteiger charge is 2.79. The molecule has 2 saturated heterocycles. The highest BCUT2D eigenvalue weighted by atomic mass is 35.5. The number of nitriles is 3. The number of nitrogens with one attached hydrogen (secondary N) is 1. The van der Waals surface area contributed by atoms with Crippen molar-refractivity contribution in [2.24, 2.45) is 16.7 Å². The Labute approximate surface area is 169 Å². The largest absolute Gasteiger partial charge is 0.443 e. The molecule has 4 atom stereocenters. The van der Waals surface area contributed by atoms with E-state index in [9.17, 15) is 15.8 Å². The van der Waals surface area contributed by atoms with Gasteiger partial charge in [0.15, 0.2) is 10.8 Å². The van der Waals surface area contributed by atoms with E-state index in [0.717, 1.165) is 19.3 Å². The molecule has 2 fully saturated rings. The second-order valence-corrected chi connectivity index (χ2v) is 7.82. The fourth-order valence-corrected chi connectivity index (χ4v) is 4.62. The zero-order valence-electron chi connectivity index (χ0n) is 15.8. The first kappa shape index (κ1) is 20.2. The zero-order valence-corrected chi connectivity index (χ0v) is 16.6. The Morgan fingerprint density at radius 3 is 2.29 bits per heavy atom. The van der Waals surface area contributed by atoms with Crippen LogP contribution in [0.4, 0.5) is 0 Å². The molecule has 28 heavy (non-hydrogen) atoms. The Morgan fingerprint density at radius 1 is 1.11 bits per heavy atom. The van der Waals surface area contributed by atoms with Gasteiger partial charge in [0.05, 0.1) is 30.2 Å². The Kier molecular flexibility index (Phi) is 5.11. The van der Waals surface area contributed by atoms with Gasteiger partial charge in [-0.15, -0.1) is 0 Å². The fraction of sp³-hybridized carbons (Fsp3) is 0.524. The van der Waals surface area contributed by atoms with Gasteiger partial charge in [0.25, 0.3) is 0 Å². The highest BCUT2D eigenvalue weighted by Crippen LogP contribution is 2.66. The number of halogens is 1. The van der Waals surface area contributed by atoms with Crippen LogP contribution in [0.25, 0.3) is 0 Å². The number of rotatable bonds is 5. The molecule has 1 aromatic rings. The molecule has 144 valence electrons. The molecule has 1 N–H and O–H groups in total. The molecule has 0 aromatic heterocycles. The van der Waals surface area contributed by atoms with Crippen molar-refractivity contribution in [1.29, 1.82) is 21.2 Å². The van der Waals surface area contributed by atoms with Crippen LogP contribution in [0.5, 0.6) is 0 Å². The smallest absolute Gasteiger partial charge is 0.243 e. The average molecular weight is 397 g/mol. The second kappa shape index (κ2) is 7.10. The molecule has 2 aliphatic rings. The minimum atomic E-state index is -1.82. The third kappa shape index (κ3) is 2.37. The number of unbranched alkanes of at least 4 members (excludes halogenated alkanes) is 2. The topological polar surface area (TPSA) is 114 Å². The summed E-state index contributed by atoms with van der Waals surface area (Å²) in [4.78, 5) is 0. The van der Waals surface area contributed by atoms with Crippen LogP contribution >= 0.6 is 11.6 Å². The zero-order chi connectivity index (χ0) is 20.6. The summed E-state index contributed by atoms with van der Waals surface area (Å²) in [6.07, 6.45) is 2.19. The molecule has 0 saturated carbocycles. The van der Waals surface area contributed by atoms with Gasteiger partial charge in [-0.25, -0.2) is 0 Å². The highest BCUT2D eigenvalue weighted by molar-refractivity contribution is 6.30. The van der Waals surface area contributed by atoms with E-state index >= 15 is 0 Å². The van der Waals surface area contributed by atoms with E-state index in [1.54, 1.807) is 31.2 Å². The number of hydrogen-bond donors (Lipinski definition) is 1. The van der Waals surface area contributed by atoms with Gasteiger partial charge >= 0.3 is 0 Å². The van der Waals surface area contributed by atoms with Gasteiger partial charge in [0.2, 0.25) is 11.7 Å². The van der Waals surface area contributed by atoms with E-state index in [-0.39, 0.29) is 0 Å². The summed E-state index contributed by atoms with van der Waals surface area (Å²) in [5, 5.41) is 39.2. The van der Waals surface area contributed by atoms with E-state index in [1.165, 1.54) is 0 Å². The van der Waals surface area contributed by atoms with Gasteiger partial charge in [-0.1, -0.05) is 56.8 Å². The standard InChI is InChI=1S/C21H21ClN4O2/c1-3-4-5-6-17-19(11-23,12-24)20(13-25)14(2)21(27-17,28-18(20)26)15-7-9-16(22)10-8-15/h7-10,14,17,26H,3-6H2,1-2H3. The normalized spacial score (nSPS) is 32.6. The van der Waals surface area contributed by atoms with E-state index in [0.29, 0.717) is 17.0 Å². The van der Waals surface area contributed by atoms with E-state index < -0.39 is 34.5 Å². The molecule has 0 radical (unpaired) electrons. The van der Waals surface area contributed by atoms with Gasteiger partial charge in [-0.05, 0) is 18.6 Å². The molecule has 0 spiro atoms. The number of hydrogen-bond acceptors (Lipinski definition) is 6. The summed E-state index contributed by atoms with van der Waals surface area (Å²) in [6, 6.07) is 13.1. The van der Waals surface area contributed by atoms with Crippen LogP contribution in [-0.2, 0) is 15.3 Å². The van der Waals surface area contributed by atoms with Crippen LogP contribution in [0, 0.1) is 56.2 Å². The first-order valence-electron chi connectivity index (χ1n) is 9.34. The van der Waals surface area contributed by atoms with Crippen molar-refractivity contribution in [2.45, 2.75) is 51.4 Å². The Morgan fingerprint density at radius 2 is 1.75 bits per heavy atom. The predicted molar refractivity (Wildman–Crippen MR) is 102 cm³/mol. The van der Waals surface area contributed by atoms with E-state index in [2.05, 4.69) is 25.1 Å². The van der Waals surface area contributed by atoms with Crippen molar-refractivity contribution >= 4 is 17.5 Å². The lowest BCUT2D eigenvalue weighted by Crippen LogP contribution is -2.60. The molecule has 2 aliphatic heterocycles. The first-order chi connectivity index (χ1) is 13.4. The monoisotopic (exact) mass is 396 g/mol. The molecule has 2 bridgehead atoms. The van der Waals surface area contributed by atoms with Gasteiger partial charge in [-0.2, -0.15) is 15.8 Å². The van der Waals surface area contributed by atoms with Crippen LogP contribution in [0.1, 0.15) is 45.1 Å². The lowest BCUT2D eigenvalue weighted by molar-refractivity contribution is -0.286. The van der Waals surface area contributed by atoms with Gasteiger partial charge in [0, 0.05) is 10.6 Å². The maximum Gasteiger partial charge on any atom is 0.243 e. The van der Waals surface area contributed by atoms with Crippen molar-refractivity contribution in [2.75, 3.05) is 0 Å². The summed E-state index contributed by atoms with van der Waals surface area (Å²) in [7, 11) is 0. The van der Waals surface area contributed by atoms with Gasteiger partial charge < -0.3 is 9.47 Å². The summed E-state index contributed by atoms with van der Waals surface area (Å²) < 4.78 is 12.2. The molecular formula is C21H21ClN4O2. The van der Waals surface area contributed by atoms with Crippen LogP contribution < -0.4 is 0 Å². The van der Waals surface area contributed by atoms with Crippen LogP contribution in [0.15, 0.2) is 24.3 Å². The maximum atomic E-state index is 10.2. The van der Waals surface area contributed by atoms with Gasteiger partial charge in [0.1, 0.15) is 0 Å². The van der Waals surface area contributed by atoms with Crippen molar-refractivity contribution in [3.8, 4) is 18.2 Å². The van der Waals surface area contributed by atoms with Gasteiger partial charge in [-0.3, -0.25) is 5.41 Å². The first-order valence-corrected chi connectivity index (χ1v) is 9.72. The molecule has 2 heterocycles. The van der Waals surface area contributed by atoms with Crippen molar-refractivity contribution in [3.63, 3.8) is 0 Å². The lowest BCUT2D eigenvalue weighted by Gasteiger charge is -2.48. The minimum Gasteiger partial charge on any atom is -0.443 e. The lowest BCUT2D eigenvalue weighted by atomic mass is 9.53. The summed E-state index contributed by atoms with van der Waals surface area (Å²) in [6.45, 7) is 3.76. The molecule has 4 unspecified atom stereocenters. The summed E-state index contributed by atoms with van der Waals surface area (Å²) >= 11 is 6.01. The Balaban J connectivity index is 2.21. The van der Waals surface area contributed by atoms with Crippen LogP contribution in [0.3, 0.4) is 0 Å². The van der Waals surface area contributed by atoms with Crippen molar-refractivity contribution in [3.05, 3.63) is 34.9 Å². The number of benzene rings is 1. The Hall–Kier alpha value is -2.59. The van der Waals surface area contributed by atoms with Crippen molar-refractivity contribution in [1.82, 2.24) is 0 Å². The third-order valence-corrected chi connectivity index (χ3v) is 6.35. The molecule has 0 aliphatic carbocycles. The SMILES string of the molecule is CCCCCC1OC2(c3ccc(Cl)cc3)OC(=N)C(C#N)(C2C)C1(C#N)C#N. The van der Waals surface area contributed by atoms with Crippen molar-refractivity contribution < 1.29 is 9.47 Å². The molecule has 3 rings (SSSR count). The molecule has 0 amide bonds. The number of ether oxygens (including phenoxy) is 2. The molecule has 1 aromatic carbocycles. The molecule has 7 heteroatoms. The van der Waals surface area contributed by atoms with E-state index in [1.807, 2.05) is 0 Å². The second-order valence-electron chi connectivity index (χ2n) is 7.38. The molecule has 6 nitrogen and oxygen atoms in total. The number of nitrogens with zero attached hydrogens (tertiary/aromatic N) is 3. The molecular weight excluding hydrogens is 376 g/mol. The average Bonchev–Trinajstić information content (AvgIpc) is 2.86. The number of fused-ring (bicyclic) bond motifs is 2. The summed E-state index contributed by atoms with van der Waals surface area (Å²) in [5.74, 6) is -2.54. The maximum absolute atomic E-state index is 10.2. The minimum absolute atomic E-state index is 0.390. The van der Waals surface area contributed by atoms with Crippen LogP contribution in [0.2, 0.25) is 5.02 Å². The summed E-state index contributed by atoms with van der Waals surface area (Å²) in [5.41, 5.74) is -2.93.